The second kappa shape index (κ2) is 5.67. The van der Waals surface area contributed by atoms with E-state index < -0.39 is 17.8 Å². The van der Waals surface area contributed by atoms with Gasteiger partial charge in [0.1, 0.15) is 12.4 Å². The van der Waals surface area contributed by atoms with Crippen molar-refractivity contribution in [2.24, 2.45) is 0 Å². The van der Waals surface area contributed by atoms with Crippen LogP contribution in [-0.4, -0.2) is 30.9 Å². The molecule has 0 atom stereocenters. The number of carbonyl (C=O) groups excluding carboxylic acids is 1. The van der Waals surface area contributed by atoms with Crippen LogP contribution in [0.5, 0.6) is 0 Å². The van der Waals surface area contributed by atoms with Crippen molar-refractivity contribution < 1.29 is 18.0 Å². The number of alkyl halides is 3. The molecule has 0 radical (unpaired) electrons. The summed E-state index contributed by atoms with van der Waals surface area (Å²) in [5.74, 6) is 0.652. The Bertz CT molecular complexity index is 716. The molecule has 0 spiro atoms. The van der Waals surface area contributed by atoms with E-state index in [2.05, 4.69) is 25.6 Å². The summed E-state index contributed by atoms with van der Waals surface area (Å²) >= 11 is 0. The van der Waals surface area contributed by atoms with Crippen molar-refractivity contribution in [3.05, 3.63) is 23.3 Å². The Morgan fingerprint density at radius 2 is 2.22 bits per heavy atom. The molecule has 1 fully saturated rings. The predicted octanol–water partition coefficient (Wildman–Crippen LogP) is 2.23. The van der Waals surface area contributed by atoms with Crippen LogP contribution in [0.15, 0.2) is 6.07 Å². The van der Waals surface area contributed by atoms with Crippen molar-refractivity contribution in [1.82, 2.24) is 25.0 Å². The van der Waals surface area contributed by atoms with Crippen molar-refractivity contribution in [3.8, 4) is 0 Å². The smallest absolute Gasteiger partial charge is 0.292 e. The molecular formula is C13H15F3N6O. The van der Waals surface area contributed by atoms with Crippen LogP contribution in [0.25, 0.3) is 0 Å². The van der Waals surface area contributed by atoms with Crippen LogP contribution in [0.1, 0.15) is 42.4 Å². The fraction of sp³-hybridized carbons (Fsp3) is 0.538. The Hall–Kier alpha value is -2.39. The summed E-state index contributed by atoms with van der Waals surface area (Å²) in [7, 11) is 0. The average Bonchev–Trinajstić information content (AvgIpc) is 2.95. The van der Waals surface area contributed by atoms with E-state index in [-0.39, 0.29) is 18.2 Å². The van der Waals surface area contributed by atoms with Crippen LogP contribution < -0.4 is 5.32 Å². The number of halogens is 3. The molecule has 0 saturated heterocycles. The number of aromatic amines is 1. The first-order valence-corrected chi connectivity index (χ1v) is 7.17. The molecule has 124 valence electrons. The van der Waals surface area contributed by atoms with Crippen LogP contribution in [-0.2, 0) is 17.5 Å². The summed E-state index contributed by atoms with van der Waals surface area (Å²) in [6.07, 6.45) is -1.31. The Kier molecular flexibility index (Phi) is 3.82. The number of hydrogen-bond acceptors (Lipinski definition) is 4. The molecule has 2 heterocycles. The molecule has 0 aliphatic heterocycles. The third-order valence-corrected chi connectivity index (χ3v) is 3.81. The maximum Gasteiger partial charge on any atom is 0.435 e. The molecule has 23 heavy (non-hydrogen) atoms. The number of nitrogens with zero attached hydrogens (tertiary/aromatic N) is 4. The lowest BCUT2D eigenvalue weighted by atomic mass is 9.85. The maximum atomic E-state index is 12.6. The SMILES string of the molecule is Cc1cc(C(F)(F)F)nn1CC(=O)Nc1n[nH]c(C2CCC2)n1. The summed E-state index contributed by atoms with van der Waals surface area (Å²) in [4.78, 5) is 16.1. The van der Waals surface area contributed by atoms with Crippen molar-refractivity contribution >= 4 is 11.9 Å². The fourth-order valence-electron chi connectivity index (χ4n) is 2.30. The number of amides is 1. The van der Waals surface area contributed by atoms with Crippen molar-refractivity contribution in [2.45, 2.75) is 44.8 Å². The number of rotatable bonds is 4. The highest BCUT2D eigenvalue weighted by atomic mass is 19.4. The normalized spacial score (nSPS) is 15.5. The maximum absolute atomic E-state index is 12.6. The van der Waals surface area contributed by atoms with Gasteiger partial charge in [-0.3, -0.25) is 19.9 Å². The zero-order chi connectivity index (χ0) is 16.6. The van der Waals surface area contributed by atoms with Gasteiger partial charge in [-0.1, -0.05) is 6.42 Å². The molecule has 0 bridgehead atoms. The summed E-state index contributed by atoms with van der Waals surface area (Å²) in [6, 6.07) is 0.898. The summed E-state index contributed by atoms with van der Waals surface area (Å²) in [6.45, 7) is 1.12. The van der Waals surface area contributed by atoms with E-state index in [1.54, 1.807) is 0 Å². The first kappa shape index (κ1) is 15.5. The standard InChI is InChI=1S/C13H15F3N6O/c1-7-5-9(13(14,15)16)21-22(7)6-10(23)17-12-18-11(19-20-12)8-3-2-4-8/h5,8H,2-4,6H2,1H3,(H2,17,18,19,20,23). The summed E-state index contributed by atoms with van der Waals surface area (Å²) in [5, 5.41) is 12.5. The third-order valence-electron chi connectivity index (χ3n) is 3.81. The second-order valence-electron chi connectivity index (χ2n) is 5.55. The van der Waals surface area contributed by atoms with Gasteiger partial charge < -0.3 is 0 Å². The molecule has 3 rings (SSSR count). The number of H-pyrrole nitrogens is 1. The van der Waals surface area contributed by atoms with Crippen LogP contribution in [0.4, 0.5) is 19.1 Å². The summed E-state index contributed by atoms with van der Waals surface area (Å²) in [5.41, 5.74) is -0.773. The van der Waals surface area contributed by atoms with Gasteiger partial charge in [0, 0.05) is 11.6 Å². The number of aromatic nitrogens is 5. The van der Waals surface area contributed by atoms with E-state index in [0.717, 1.165) is 35.8 Å². The molecule has 10 heteroatoms. The van der Waals surface area contributed by atoms with Crippen molar-refractivity contribution in [2.75, 3.05) is 5.32 Å². The first-order valence-electron chi connectivity index (χ1n) is 7.17. The fourth-order valence-corrected chi connectivity index (χ4v) is 2.30. The largest absolute Gasteiger partial charge is 0.435 e. The molecule has 1 amide bonds. The molecule has 2 N–H and O–H groups in total. The lowest BCUT2D eigenvalue weighted by molar-refractivity contribution is -0.141. The van der Waals surface area contributed by atoms with Gasteiger partial charge >= 0.3 is 6.18 Å². The third kappa shape index (κ3) is 3.35. The molecule has 0 unspecified atom stereocenters. The minimum Gasteiger partial charge on any atom is -0.292 e. The minimum atomic E-state index is -4.53. The van der Waals surface area contributed by atoms with Crippen LogP contribution >= 0.6 is 0 Å². The predicted molar refractivity (Wildman–Crippen MR) is 73.6 cm³/mol. The topological polar surface area (TPSA) is 88.5 Å². The first-order chi connectivity index (χ1) is 10.8. The van der Waals surface area contributed by atoms with E-state index in [1.165, 1.54) is 6.92 Å². The highest BCUT2D eigenvalue weighted by molar-refractivity contribution is 5.88. The van der Waals surface area contributed by atoms with Crippen molar-refractivity contribution in [1.29, 1.82) is 0 Å². The molecule has 1 aliphatic rings. The van der Waals surface area contributed by atoms with E-state index in [0.29, 0.717) is 5.92 Å². The highest BCUT2D eigenvalue weighted by Gasteiger charge is 2.34. The van der Waals surface area contributed by atoms with Crippen LogP contribution in [0.2, 0.25) is 0 Å². The highest BCUT2D eigenvalue weighted by Crippen LogP contribution is 2.34. The summed E-state index contributed by atoms with van der Waals surface area (Å²) < 4.78 is 38.7. The Balaban J connectivity index is 1.63. The lowest BCUT2D eigenvalue weighted by Gasteiger charge is -2.22. The van der Waals surface area contributed by atoms with E-state index in [4.69, 9.17) is 0 Å². The van der Waals surface area contributed by atoms with E-state index >= 15 is 0 Å². The van der Waals surface area contributed by atoms with Crippen molar-refractivity contribution in [3.63, 3.8) is 0 Å². The molecule has 0 aromatic carbocycles. The number of nitrogens with one attached hydrogen (secondary N) is 2. The quantitative estimate of drug-likeness (QED) is 0.901. The number of carbonyl (C=O) groups is 1. The number of anilines is 1. The zero-order valence-corrected chi connectivity index (χ0v) is 12.3. The second-order valence-corrected chi connectivity index (χ2v) is 5.55. The van der Waals surface area contributed by atoms with Gasteiger partial charge in [-0.05, 0) is 25.8 Å². The van der Waals surface area contributed by atoms with Crippen LogP contribution in [0, 0.1) is 6.92 Å². The van der Waals surface area contributed by atoms with Crippen LogP contribution in [0.3, 0.4) is 0 Å². The minimum absolute atomic E-state index is 0.123. The van der Waals surface area contributed by atoms with Gasteiger partial charge in [-0.15, -0.1) is 5.10 Å². The molecule has 7 nitrogen and oxygen atoms in total. The van der Waals surface area contributed by atoms with E-state index in [1.807, 2.05) is 0 Å². The Morgan fingerprint density at radius 3 is 2.78 bits per heavy atom. The zero-order valence-electron chi connectivity index (χ0n) is 12.3. The number of hydrogen-bond donors (Lipinski definition) is 2. The number of aryl methyl sites for hydroxylation is 1. The monoisotopic (exact) mass is 328 g/mol. The Labute approximate surface area is 129 Å². The van der Waals surface area contributed by atoms with Gasteiger partial charge in [0.15, 0.2) is 5.69 Å². The molecule has 2 aromatic rings. The van der Waals surface area contributed by atoms with Gasteiger partial charge in [-0.25, -0.2) is 0 Å². The molecule has 1 aliphatic carbocycles. The van der Waals surface area contributed by atoms with E-state index in [9.17, 15) is 18.0 Å². The average molecular weight is 328 g/mol. The Morgan fingerprint density at radius 1 is 1.48 bits per heavy atom. The molecule has 1 saturated carbocycles. The molecule has 2 aromatic heterocycles. The molecular weight excluding hydrogens is 313 g/mol. The van der Waals surface area contributed by atoms with Gasteiger partial charge in [0.2, 0.25) is 11.9 Å². The lowest BCUT2D eigenvalue weighted by Crippen LogP contribution is -2.21. The van der Waals surface area contributed by atoms with Gasteiger partial charge in [-0.2, -0.15) is 23.3 Å². The van der Waals surface area contributed by atoms with Gasteiger partial charge in [0.25, 0.3) is 0 Å². The van der Waals surface area contributed by atoms with Gasteiger partial charge in [0.05, 0.1) is 0 Å².